The zero-order chi connectivity index (χ0) is 16.9. The molecule has 0 N–H and O–H groups in total. The highest BCUT2D eigenvalue weighted by Crippen LogP contribution is 2.22. The topological polar surface area (TPSA) is 54.9 Å². The summed E-state index contributed by atoms with van der Waals surface area (Å²) in [6, 6.07) is 3.95. The summed E-state index contributed by atoms with van der Waals surface area (Å²) < 4.78 is 11.2. The molecule has 0 aliphatic carbocycles. The maximum Gasteiger partial charge on any atom is 0.309 e. The van der Waals surface area contributed by atoms with Crippen LogP contribution in [0.3, 0.4) is 0 Å². The second-order valence-electron chi connectivity index (χ2n) is 6.99. The van der Waals surface area contributed by atoms with Crippen molar-refractivity contribution in [2.45, 2.75) is 31.9 Å². The molecule has 0 aromatic carbocycles. The number of likely N-dealkylation sites (tertiary alicyclic amines) is 1. The lowest BCUT2D eigenvalue weighted by molar-refractivity contribution is -0.141. The molecule has 2 fully saturated rings. The number of carbonyl (C=O) groups is 1. The van der Waals surface area contributed by atoms with Gasteiger partial charge in [-0.25, -0.2) is 0 Å². The van der Waals surface area contributed by atoms with Gasteiger partial charge >= 0.3 is 5.97 Å². The van der Waals surface area contributed by atoms with E-state index in [0.717, 1.165) is 56.9 Å². The van der Waals surface area contributed by atoms with Crippen molar-refractivity contribution in [3.05, 3.63) is 24.0 Å². The largest absolute Gasteiger partial charge is 0.489 e. The van der Waals surface area contributed by atoms with Crippen molar-refractivity contribution in [1.82, 2.24) is 14.8 Å². The number of carbonyl (C=O) groups excluding carboxylic acids is 1. The summed E-state index contributed by atoms with van der Waals surface area (Å²) in [7, 11) is 4.06. The Morgan fingerprint density at radius 3 is 3.04 bits per heavy atom. The molecule has 0 radical (unpaired) electrons. The lowest BCUT2D eigenvalue weighted by atomic mass is 10.0. The molecule has 2 aliphatic heterocycles. The lowest BCUT2D eigenvalue weighted by Gasteiger charge is -2.18. The second-order valence-corrected chi connectivity index (χ2v) is 6.99. The molecule has 3 rings (SSSR count). The SMILES string of the molecule is CN(C)Cc1cc(OC2CCN(CCC3CCOC3=O)C2)ccn1. The van der Waals surface area contributed by atoms with Crippen LogP contribution >= 0.6 is 0 Å². The highest BCUT2D eigenvalue weighted by atomic mass is 16.5. The second kappa shape index (κ2) is 7.94. The number of rotatable bonds is 7. The third-order valence-electron chi connectivity index (χ3n) is 4.64. The Morgan fingerprint density at radius 1 is 1.42 bits per heavy atom. The minimum absolute atomic E-state index is 0.0211. The van der Waals surface area contributed by atoms with Crippen molar-refractivity contribution in [2.75, 3.05) is 40.3 Å². The molecule has 1 aromatic heterocycles. The Balaban J connectivity index is 1.45. The van der Waals surface area contributed by atoms with Crippen LogP contribution in [0.5, 0.6) is 5.75 Å². The normalized spacial score (nSPS) is 24.5. The van der Waals surface area contributed by atoms with Crippen molar-refractivity contribution < 1.29 is 14.3 Å². The smallest absolute Gasteiger partial charge is 0.309 e. The standard InChI is InChI=1S/C18H27N3O3/c1-20(2)12-15-11-16(3-7-19-15)24-17-5-9-21(13-17)8-4-14-6-10-23-18(14)22/h3,7,11,14,17H,4-6,8-10,12-13H2,1-2H3. The predicted octanol–water partition coefficient (Wildman–Crippen LogP) is 1.55. The first-order valence-electron chi connectivity index (χ1n) is 8.75. The third-order valence-corrected chi connectivity index (χ3v) is 4.64. The van der Waals surface area contributed by atoms with Crippen LogP contribution in [0.1, 0.15) is 25.0 Å². The van der Waals surface area contributed by atoms with Crippen molar-refractivity contribution in [2.24, 2.45) is 5.92 Å². The van der Waals surface area contributed by atoms with E-state index in [-0.39, 0.29) is 18.0 Å². The predicted molar refractivity (Wildman–Crippen MR) is 90.8 cm³/mol. The van der Waals surface area contributed by atoms with Crippen molar-refractivity contribution in [3.8, 4) is 5.75 Å². The van der Waals surface area contributed by atoms with Crippen LogP contribution in [0.2, 0.25) is 0 Å². The Bertz CT molecular complexity index is 564. The van der Waals surface area contributed by atoms with Crippen LogP contribution in [-0.2, 0) is 16.1 Å². The molecule has 24 heavy (non-hydrogen) atoms. The maximum absolute atomic E-state index is 11.5. The molecular weight excluding hydrogens is 306 g/mol. The van der Waals surface area contributed by atoms with Gasteiger partial charge in [0.25, 0.3) is 0 Å². The van der Waals surface area contributed by atoms with Gasteiger partial charge in [0, 0.05) is 31.9 Å². The van der Waals surface area contributed by atoms with Gasteiger partial charge in [-0.1, -0.05) is 0 Å². The number of aromatic nitrogens is 1. The third kappa shape index (κ3) is 4.68. The number of ether oxygens (including phenoxy) is 2. The van der Waals surface area contributed by atoms with E-state index in [0.29, 0.717) is 6.61 Å². The van der Waals surface area contributed by atoms with Gasteiger partial charge in [-0.15, -0.1) is 0 Å². The van der Waals surface area contributed by atoms with E-state index in [2.05, 4.69) is 14.8 Å². The average Bonchev–Trinajstić information content (AvgIpc) is 3.14. The van der Waals surface area contributed by atoms with Gasteiger partial charge in [-0.2, -0.15) is 0 Å². The summed E-state index contributed by atoms with van der Waals surface area (Å²) in [6.07, 6.45) is 4.83. The number of hydrogen-bond acceptors (Lipinski definition) is 6. The van der Waals surface area contributed by atoms with Crippen LogP contribution in [0.4, 0.5) is 0 Å². The Hall–Kier alpha value is -1.66. The first kappa shape index (κ1) is 17.2. The van der Waals surface area contributed by atoms with Gasteiger partial charge in [0.05, 0.1) is 18.2 Å². The van der Waals surface area contributed by atoms with Crippen molar-refractivity contribution in [1.29, 1.82) is 0 Å². The van der Waals surface area contributed by atoms with Gasteiger partial charge in [0.2, 0.25) is 0 Å². The molecular formula is C18H27N3O3. The highest BCUT2D eigenvalue weighted by molar-refractivity contribution is 5.74. The van der Waals surface area contributed by atoms with Crippen molar-refractivity contribution >= 4 is 5.97 Å². The van der Waals surface area contributed by atoms with E-state index in [9.17, 15) is 4.79 Å². The monoisotopic (exact) mass is 333 g/mol. The molecule has 2 saturated heterocycles. The summed E-state index contributed by atoms with van der Waals surface area (Å²) in [6.45, 7) is 4.30. The van der Waals surface area contributed by atoms with Gasteiger partial charge in [0.1, 0.15) is 11.9 Å². The first-order chi connectivity index (χ1) is 11.6. The fraction of sp³-hybridized carbons (Fsp3) is 0.667. The van der Waals surface area contributed by atoms with Gasteiger partial charge in [-0.05, 0) is 46.0 Å². The van der Waals surface area contributed by atoms with Gasteiger partial charge < -0.3 is 14.4 Å². The first-order valence-corrected chi connectivity index (χ1v) is 8.75. The molecule has 2 unspecified atom stereocenters. The average molecular weight is 333 g/mol. The van der Waals surface area contributed by atoms with Gasteiger partial charge in [-0.3, -0.25) is 14.7 Å². The van der Waals surface area contributed by atoms with Crippen molar-refractivity contribution in [3.63, 3.8) is 0 Å². The van der Waals surface area contributed by atoms with E-state index in [1.54, 1.807) is 0 Å². The van der Waals surface area contributed by atoms with Gasteiger partial charge in [0.15, 0.2) is 0 Å². The number of esters is 1. The van der Waals surface area contributed by atoms with E-state index in [1.165, 1.54) is 0 Å². The fourth-order valence-corrected chi connectivity index (χ4v) is 3.37. The number of cyclic esters (lactones) is 1. The molecule has 2 aliphatic rings. The molecule has 1 aromatic rings. The van der Waals surface area contributed by atoms with Crippen LogP contribution in [0, 0.1) is 5.92 Å². The van der Waals surface area contributed by atoms with Crippen LogP contribution in [-0.4, -0.2) is 67.2 Å². The zero-order valence-electron chi connectivity index (χ0n) is 14.6. The molecule has 0 amide bonds. The minimum Gasteiger partial charge on any atom is -0.489 e. The van der Waals surface area contributed by atoms with Crippen LogP contribution in [0.15, 0.2) is 18.3 Å². The summed E-state index contributed by atoms with van der Waals surface area (Å²) in [4.78, 5) is 20.4. The van der Waals surface area contributed by atoms with E-state index >= 15 is 0 Å². The molecule has 3 heterocycles. The van der Waals surface area contributed by atoms with E-state index in [4.69, 9.17) is 9.47 Å². The molecule has 6 nitrogen and oxygen atoms in total. The number of nitrogens with zero attached hydrogens (tertiary/aromatic N) is 3. The Kier molecular flexibility index (Phi) is 5.68. The van der Waals surface area contributed by atoms with E-state index in [1.807, 2.05) is 32.4 Å². The van der Waals surface area contributed by atoms with Crippen LogP contribution in [0.25, 0.3) is 0 Å². The quantitative estimate of drug-likeness (QED) is 0.706. The molecule has 2 atom stereocenters. The highest BCUT2D eigenvalue weighted by Gasteiger charge is 2.29. The molecule has 132 valence electrons. The maximum atomic E-state index is 11.5. The lowest BCUT2D eigenvalue weighted by Crippen LogP contribution is -2.27. The summed E-state index contributed by atoms with van der Waals surface area (Å²) in [5.74, 6) is 0.971. The Morgan fingerprint density at radius 2 is 2.29 bits per heavy atom. The van der Waals surface area contributed by atoms with E-state index < -0.39 is 0 Å². The summed E-state index contributed by atoms with van der Waals surface area (Å²) in [5.41, 5.74) is 1.02. The number of hydrogen-bond donors (Lipinski definition) is 0. The Labute approximate surface area is 143 Å². The molecule has 0 spiro atoms. The summed E-state index contributed by atoms with van der Waals surface area (Å²) >= 11 is 0. The molecule has 6 heteroatoms. The van der Waals surface area contributed by atoms with Crippen LogP contribution < -0.4 is 4.74 Å². The fourth-order valence-electron chi connectivity index (χ4n) is 3.37. The zero-order valence-corrected chi connectivity index (χ0v) is 14.6. The number of pyridine rings is 1. The molecule has 0 bridgehead atoms. The minimum atomic E-state index is -0.0211. The molecule has 0 saturated carbocycles. The summed E-state index contributed by atoms with van der Waals surface area (Å²) in [5, 5.41) is 0.